The summed E-state index contributed by atoms with van der Waals surface area (Å²) in [5, 5.41) is 7.88. The summed E-state index contributed by atoms with van der Waals surface area (Å²) in [6.45, 7) is 6.54. The molecule has 0 saturated carbocycles. The van der Waals surface area contributed by atoms with Crippen molar-refractivity contribution in [3.05, 3.63) is 52.3 Å². The zero-order valence-corrected chi connectivity index (χ0v) is 12.5. The van der Waals surface area contributed by atoms with Gasteiger partial charge in [0.2, 0.25) is 0 Å². The lowest BCUT2D eigenvalue weighted by atomic mass is 9.93. The van der Waals surface area contributed by atoms with Crippen LogP contribution in [0.3, 0.4) is 0 Å². The predicted molar refractivity (Wildman–Crippen MR) is 79.4 cm³/mol. The van der Waals surface area contributed by atoms with E-state index >= 15 is 0 Å². The smallest absolute Gasteiger partial charge is 0.0797 e. The fraction of sp³-hybridized carbons (Fsp3) is 0.438. The number of aromatic nitrogens is 2. The first-order valence-corrected chi connectivity index (χ1v) is 6.74. The van der Waals surface area contributed by atoms with E-state index in [0.29, 0.717) is 0 Å². The summed E-state index contributed by atoms with van der Waals surface area (Å²) < 4.78 is 1.86. The number of rotatable bonds is 4. The normalized spacial score (nSPS) is 12.7. The molecule has 0 aliphatic carbocycles. The molecule has 19 heavy (non-hydrogen) atoms. The highest BCUT2D eigenvalue weighted by atomic mass is 15.3. The highest BCUT2D eigenvalue weighted by Crippen LogP contribution is 2.23. The monoisotopic (exact) mass is 257 g/mol. The Morgan fingerprint density at radius 2 is 1.84 bits per heavy atom. The minimum atomic E-state index is 0.265. The molecule has 1 atom stereocenters. The molecular weight excluding hydrogens is 234 g/mol. The van der Waals surface area contributed by atoms with Gasteiger partial charge in [-0.15, -0.1) is 0 Å². The van der Waals surface area contributed by atoms with Gasteiger partial charge in [-0.2, -0.15) is 5.10 Å². The molecule has 0 bridgehead atoms. The van der Waals surface area contributed by atoms with Crippen LogP contribution in [0.5, 0.6) is 0 Å². The zero-order valence-electron chi connectivity index (χ0n) is 12.5. The zero-order chi connectivity index (χ0) is 14.0. The summed E-state index contributed by atoms with van der Waals surface area (Å²) in [5.41, 5.74) is 6.60. The van der Waals surface area contributed by atoms with Crippen molar-refractivity contribution in [2.24, 2.45) is 7.05 Å². The molecule has 2 aromatic rings. The second-order valence-corrected chi connectivity index (χ2v) is 5.34. The Morgan fingerprint density at radius 1 is 1.21 bits per heavy atom. The maximum atomic E-state index is 4.51. The molecule has 0 aliphatic heterocycles. The van der Waals surface area contributed by atoms with Crippen LogP contribution in [-0.4, -0.2) is 16.8 Å². The van der Waals surface area contributed by atoms with Crippen LogP contribution in [0, 0.1) is 20.8 Å². The van der Waals surface area contributed by atoms with Gasteiger partial charge >= 0.3 is 0 Å². The van der Waals surface area contributed by atoms with E-state index in [4.69, 9.17) is 0 Å². The van der Waals surface area contributed by atoms with Gasteiger partial charge in [-0.25, -0.2) is 0 Å². The van der Waals surface area contributed by atoms with Gasteiger partial charge in [0.05, 0.1) is 11.7 Å². The van der Waals surface area contributed by atoms with Crippen LogP contribution in [0.25, 0.3) is 0 Å². The molecule has 102 valence electrons. The molecule has 0 amide bonds. The third kappa shape index (κ3) is 3.04. The fourth-order valence-corrected chi connectivity index (χ4v) is 2.71. The van der Waals surface area contributed by atoms with Crippen LogP contribution in [0.15, 0.2) is 24.4 Å². The van der Waals surface area contributed by atoms with E-state index in [1.165, 1.54) is 22.3 Å². The number of benzene rings is 1. The molecular formula is C16H23N3. The average Bonchev–Trinajstić information content (AvgIpc) is 2.75. The molecule has 1 aromatic heterocycles. The highest BCUT2D eigenvalue weighted by molar-refractivity contribution is 5.38. The summed E-state index contributed by atoms with van der Waals surface area (Å²) in [7, 11) is 3.96. The van der Waals surface area contributed by atoms with Crippen molar-refractivity contribution in [1.29, 1.82) is 0 Å². The van der Waals surface area contributed by atoms with E-state index in [0.717, 1.165) is 12.1 Å². The lowest BCUT2D eigenvalue weighted by molar-refractivity contribution is 0.560. The topological polar surface area (TPSA) is 29.9 Å². The van der Waals surface area contributed by atoms with Crippen LogP contribution in [0.2, 0.25) is 0 Å². The molecule has 1 N–H and O–H groups in total. The molecule has 3 heteroatoms. The van der Waals surface area contributed by atoms with E-state index in [1.54, 1.807) is 0 Å². The van der Waals surface area contributed by atoms with Crippen LogP contribution < -0.4 is 5.32 Å². The van der Waals surface area contributed by atoms with Crippen molar-refractivity contribution in [3.63, 3.8) is 0 Å². The van der Waals surface area contributed by atoms with E-state index in [-0.39, 0.29) is 6.04 Å². The first-order chi connectivity index (χ1) is 9.01. The minimum Gasteiger partial charge on any atom is -0.311 e. The lowest BCUT2D eigenvalue weighted by Gasteiger charge is -2.18. The van der Waals surface area contributed by atoms with Gasteiger partial charge in [0.25, 0.3) is 0 Å². The Bertz CT molecular complexity index is 546. The third-order valence-corrected chi connectivity index (χ3v) is 3.69. The van der Waals surface area contributed by atoms with Crippen molar-refractivity contribution in [2.75, 3.05) is 7.05 Å². The SMILES string of the molecule is CNC(Cc1c(C)cc(C)cc1C)c1ccn(C)n1. The number of hydrogen-bond acceptors (Lipinski definition) is 2. The minimum absolute atomic E-state index is 0.265. The molecule has 0 aliphatic rings. The maximum absolute atomic E-state index is 4.51. The van der Waals surface area contributed by atoms with Crippen molar-refractivity contribution >= 4 is 0 Å². The Balaban J connectivity index is 2.28. The van der Waals surface area contributed by atoms with Gasteiger partial charge in [-0.1, -0.05) is 17.7 Å². The summed E-state index contributed by atoms with van der Waals surface area (Å²) >= 11 is 0. The predicted octanol–water partition coefficient (Wildman–Crippen LogP) is 2.85. The molecule has 1 unspecified atom stereocenters. The molecule has 1 aromatic carbocycles. The van der Waals surface area contributed by atoms with E-state index in [1.807, 2.05) is 25.0 Å². The molecule has 1 heterocycles. The second-order valence-electron chi connectivity index (χ2n) is 5.34. The molecule has 0 fully saturated rings. The number of aryl methyl sites for hydroxylation is 4. The van der Waals surface area contributed by atoms with Crippen LogP contribution in [0.1, 0.15) is 34.0 Å². The number of nitrogens with one attached hydrogen (secondary N) is 1. The molecule has 0 spiro atoms. The quantitative estimate of drug-likeness (QED) is 0.912. The molecule has 0 saturated heterocycles. The maximum Gasteiger partial charge on any atom is 0.0797 e. The Labute approximate surface area is 115 Å². The van der Waals surface area contributed by atoms with E-state index in [2.05, 4.69) is 49.4 Å². The molecule has 2 rings (SSSR count). The summed E-state index contributed by atoms with van der Waals surface area (Å²) in [4.78, 5) is 0. The number of hydrogen-bond donors (Lipinski definition) is 1. The van der Waals surface area contributed by atoms with Gasteiger partial charge in [0, 0.05) is 13.2 Å². The largest absolute Gasteiger partial charge is 0.311 e. The second kappa shape index (κ2) is 5.57. The highest BCUT2D eigenvalue weighted by Gasteiger charge is 2.15. The van der Waals surface area contributed by atoms with Gasteiger partial charge in [-0.05, 0) is 57.0 Å². The van der Waals surface area contributed by atoms with Crippen molar-refractivity contribution in [3.8, 4) is 0 Å². The first-order valence-electron chi connectivity index (χ1n) is 6.74. The molecule has 0 radical (unpaired) electrons. The Hall–Kier alpha value is -1.61. The van der Waals surface area contributed by atoms with Gasteiger partial charge in [0.1, 0.15) is 0 Å². The van der Waals surface area contributed by atoms with E-state index < -0.39 is 0 Å². The summed E-state index contributed by atoms with van der Waals surface area (Å²) in [6, 6.07) is 6.86. The van der Waals surface area contributed by atoms with Crippen molar-refractivity contribution in [1.82, 2.24) is 15.1 Å². The lowest BCUT2D eigenvalue weighted by Crippen LogP contribution is -2.20. The standard InChI is InChI=1S/C16H23N3/c1-11-8-12(2)14(13(3)9-11)10-16(17-4)15-6-7-19(5)18-15/h6-9,16-17H,10H2,1-5H3. The number of likely N-dealkylation sites (N-methyl/N-ethyl adjacent to an activating group) is 1. The summed E-state index contributed by atoms with van der Waals surface area (Å²) in [5.74, 6) is 0. The molecule has 3 nitrogen and oxygen atoms in total. The first kappa shape index (κ1) is 13.8. The van der Waals surface area contributed by atoms with E-state index in [9.17, 15) is 0 Å². The third-order valence-electron chi connectivity index (χ3n) is 3.69. The van der Waals surface area contributed by atoms with Crippen molar-refractivity contribution < 1.29 is 0 Å². The number of nitrogens with zero attached hydrogens (tertiary/aromatic N) is 2. The Morgan fingerprint density at radius 3 is 2.32 bits per heavy atom. The Kier molecular flexibility index (Phi) is 4.05. The van der Waals surface area contributed by atoms with Crippen LogP contribution in [0.4, 0.5) is 0 Å². The van der Waals surface area contributed by atoms with Gasteiger partial charge in [-0.3, -0.25) is 4.68 Å². The van der Waals surface area contributed by atoms with Crippen LogP contribution >= 0.6 is 0 Å². The van der Waals surface area contributed by atoms with Crippen LogP contribution in [-0.2, 0) is 13.5 Å². The van der Waals surface area contributed by atoms with Crippen molar-refractivity contribution in [2.45, 2.75) is 33.2 Å². The summed E-state index contributed by atoms with van der Waals surface area (Å²) in [6.07, 6.45) is 2.97. The average molecular weight is 257 g/mol. The fourth-order valence-electron chi connectivity index (χ4n) is 2.71. The van der Waals surface area contributed by atoms with Gasteiger partial charge in [0.15, 0.2) is 0 Å². The van der Waals surface area contributed by atoms with Gasteiger partial charge < -0.3 is 5.32 Å².